The highest BCUT2D eigenvalue weighted by atomic mass is 35.5. The third-order valence-corrected chi connectivity index (χ3v) is 5.20. The van der Waals surface area contributed by atoms with Crippen LogP contribution < -0.4 is 15.5 Å². The molecule has 0 aliphatic carbocycles. The summed E-state index contributed by atoms with van der Waals surface area (Å²) >= 11 is 7.13. The molecule has 0 radical (unpaired) electrons. The van der Waals surface area contributed by atoms with Crippen LogP contribution in [0.25, 0.3) is 10.2 Å². The number of aromatic nitrogens is 1. The molecule has 0 saturated carbocycles. The first-order valence-electron chi connectivity index (χ1n) is 8.09. The Labute approximate surface area is 162 Å². The van der Waals surface area contributed by atoms with E-state index in [9.17, 15) is 14.4 Å². The Morgan fingerprint density at radius 2 is 1.74 bits per heavy atom. The Hall–Kier alpha value is -2.97. The van der Waals surface area contributed by atoms with Crippen molar-refractivity contribution in [2.24, 2.45) is 0 Å². The number of anilines is 3. The maximum absolute atomic E-state index is 12.2. The van der Waals surface area contributed by atoms with E-state index in [1.54, 1.807) is 42.5 Å². The fourth-order valence-electron chi connectivity index (χ4n) is 2.74. The van der Waals surface area contributed by atoms with Crippen molar-refractivity contribution < 1.29 is 14.4 Å². The zero-order chi connectivity index (χ0) is 19.0. The molecule has 1 aromatic heterocycles. The first-order chi connectivity index (χ1) is 13.0. The van der Waals surface area contributed by atoms with Crippen LogP contribution in [-0.2, 0) is 9.59 Å². The lowest BCUT2D eigenvalue weighted by Gasteiger charge is -2.08. The number of halogens is 1. The van der Waals surface area contributed by atoms with Gasteiger partial charge in [0.25, 0.3) is 0 Å². The van der Waals surface area contributed by atoms with Crippen LogP contribution in [0, 0.1) is 0 Å². The summed E-state index contributed by atoms with van der Waals surface area (Å²) in [5, 5.41) is 6.32. The number of carbonyl (C=O) groups excluding carboxylic acids is 3. The molecular weight excluding hydrogens is 388 g/mol. The molecule has 4 rings (SSSR count). The number of urea groups is 1. The number of carbonyl (C=O) groups is 3. The van der Waals surface area contributed by atoms with Gasteiger partial charge in [0.15, 0.2) is 5.13 Å². The van der Waals surface area contributed by atoms with Crippen molar-refractivity contribution >= 4 is 67.5 Å². The molecule has 0 atom stereocenters. The van der Waals surface area contributed by atoms with E-state index in [4.69, 9.17) is 11.6 Å². The lowest BCUT2D eigenvalue weighted by Crippen LogP contribution is -2.28. The molecule has 0 spiro atoms. The van der Waals surface area contributed by atoms with E-state index in [2.05, 4.69) is 15.6 Å². The first kappa shape index (κ1) is 17.4. The van der Waals surface area contributed by atoms with Gasteiger partial charge in [-0.25, -0.2) is 14.7 Å². The van der Waals surface area contributed by atoms with Crippen molar-refractivity contribution in [3.05, 3.63) is 47.5 Å². The van der Waals surface area contributed by atoms with Gasteiger partial charge in [-0.2, -0.15) is 0 Å². The van der Waals surface area contributed by atoms with Crippen LogP contribution in [-0.4, -0.2) is 22.8 Å². The van der Waals surface area contributed by atoms with E-state index in [1.165, 1.54) is 11.3 Å². The quantitative estimate of drug-likeness (QED) is 0.643. The summed E-state index contributed by atoms with van der Waals surface area (Å²) in [7, 11) is 0. The molecule has 0 unspecified atom stereocenters. The van der Waals surface area contributed by atoms with Crippen LogP contribution in [0.3, 0.4) is 0 Å². The predicted molar refractivity (Wildman–Crippen MR) is 105 cm³/mol. The average Bonchev–Trinajstić information content (AvgIpc) is 3.16. The maximum atomic E-state index is 12.2. The number of imide groups is 1. The maximum Gasteiger partial charge on any atom is 0.323 e. The zero-order valence-corrected chi connectivity index (χ0v) is 15.4. The zero-order valence-electron chi connectivity index (χ0n) is 13.9. The normalized spacial score (nSPS) is 14.0. The monoisotopic (exact) mass is 400 g/mol. The highest BCUT2D eigenvalue weighted by Crippen LogP contribution is 2.33. The van der Waals surface area contributed by atoms with Gasteiger partial charge in [0.1, 0.15) is 0 Å². The van der Waals surface area contributed by atoms with Gasteiger partial charge in [-0.05, 0) is 36.4 Å². The molecule has 1 fully saturated rings. The third kappa shape index (κ3) is 3.62. The van der Waals surface area contributed by atoms with E-state index in [-0.39, 0.29) is 24.7 Å². The Kier molecular flexibility index (Phi) is 4.51. The predicted octanol–water partition coefficient (Wildman–Crippen LogP) is 4.25. The molecule has 2 heterocycles. The summed E-state index contributed by atoms with van der Waals surface area (Å²) in [5.41, 5.74) is 1.80. The van der Waals surface area contributed by atoms with E-state index < -0.39 is 6.03 Å². The summed E-state index contributed by atoms with van der Waals surface area (Å²) in [4.78, 5) is 41.4. The Balaban J connectivity index is 1.52. The molecule has 1 aliphatic rings. The summed E-state index contributed by atoms with van der Waals surface area (Å²) in [6.45, 7) is 0. The van der Waals surface area contributed by atoms with Gasteiger partial charge in [0.05, 0.1) is 10.2 Å². The molecule has 9 heteroatoms. The van der Waals surface area contributed by atoms with Gasteiger partial charge in [0, 0.05) is 29.2 Å². The number of fused-ring (bicyclic) bond motifs is 1. The molecule has 1 saturated heterocycles. The molecule has 4 amide bonds. The number of amides is 4. The topological polar surface area (TPSA) is 91.4 Å². The highest BCUT2D eigenvalue weighted by Gasteiger charge is 2.32. The van der Waals surface area contributed by atoms with E-state index in [0.717, 1.165) is 9.60 Å². The molecule has 2 aromatic carbocycles. The van der Waals surface area contributed by atoms with Gasteiger partial charge in [0.2, 0.25) is 11.8 Å². The molecular formula is C18H13ClN4O3S. The molecule has 0 bridgehead atoms. The summed E-state index contributed by atoms with van der Waals surface area (Å²) in [6.07, 6.45) is 0.427. The number of hydrogen-bond acceptors (Lipinski definition) is 5. The summed E-state index contributed by atoms with van der Waals surface area (Å²) < 4.78 is 0.762. The molecule has 2 N–H and O–H groups in total. The Bertz CT molecular complexity index is 1070. The minimum atomic E-state index is -0.411. The minimum absolute atomic E-state index is 0.214. The second-order valence-electron chi connectivity index (χ2n) is 5.89. The van der Waals surface area contributed by atoms with Crippen LogP contribution in [0.5, 0.6) is 0 Å². The van der Waals surface area contributed by atoms with Crippen LogP contribution >= 0.6 is 22.9 Å². The molecule has 3 aromatic rings. The van der Waals surface area contributed by atoms with Crippen LogP contribution in [0.2, 0.25) is 5.02 Å². The van der Waals surface area contributed by atoms with Crippen molar-refractivity contribution in [2.45, 2.75) is 12.8 Å². The van der Waals surface area contributed by atoms with Crippen molar-refractivity contribution in [3.8, 4) is 0 Å². The lowest BCUT2D eigenvalue weighted by molar-refractivity contribution is -0.121. The lowest BCUT2D eigenvalue weighted by atomic mass is 10.3. The molecule has 136 valence electrons. The highest BCUT2D eigenvalue weighted by molar-refractivity contribution is 7.22. The van der Waals surface area contributed by atoms with Gasteiger partial charge >= 0.3 is 6.03 Å². The van der Waals surface area contributed by atoms with Crippen molar-refractivity contribution in [1.29, 1.82) is 0 Å². The van der Waals surface area contributed by atoms with Crippen molar-refractivity contribution in [3.63, 3.8) is 0 Å². The third-order valence-electron chi connectivity index (χ3n) is 3.96. The van der Waals surface area contributed by atoms with Gasteiger partial charge in [-0.15, -0.1) is 0 Å². The van der Waals surface area contributed by atoms with Gasteiger partial charge in [-0.1, -0.05) is 29.0 Å². The van der Waals surface area contributed by atoms with Crippen LogP contribution in [0.15, 0.2) is 42.5 Å². The Morgan fingerprint density at radius 1 is 1.04 bits per heavy atom. The summed E-state index contributed by atoms with van der Waals surface area (Å²) in [6, 6.07) is 11.6. The molecule has 7 nitrogen and oxygen atoms in total. The largest absolute Gasteiger partial charge is 0.323 e. The summed E-state index contributed by atoms with van der Waals surface area (Å²) in [5.74, 6) is -0.475. The van der Waals surface area contributed by atoms with Crippen LogP contribution in [0.1, 0.15) is 12.8 Å². The first-order valence-corrected chi connectivity index (χ1v) is 9.29. The van der Waals surface area contributed by atoms with Crippen LogP contribution in [0.4, 0.5) is 21.3 Å². The van der Waals surface area contributed by atoms with Crippen molar-refractivity contribution in [1.82, 2.24) is 4.98 Å². The smallest absolute Gasteiger partial charge is 0.308 e. The van der Waals surface area contributed by atoms with Gasteiger partial charge < -0.3 is 10.6 Å². The average molecular weight is 401 g/mol. The second-order valence-corrected chi connectivity index (χ2v) is 7.34. The Morgan fingerprint density at radius 3 is 2.44 bits per heavy atom. The number of rotatable bonds is 3. The molecule has 27 heavy (non-hydrogen) atoms. The van der Waals surface area contributed by atoms with Gasteiger partial charge in [-0.3, -0.25) is 9.59 Å². The SMILES string of the molecule is O=C(Nc1cccc(Cl)c1)Nc1ccc2nc(N3C(=O)CCC3=O)sc2c1. The van der Waals surface area contributed by atoms with E-state index in [0.29, 0.717) is 27.0 Å². The van der Waals surface area contributed by atoms with Crippen molar-refractivity contribution in [2.75, 3.05) is 15.5 Å². The fourth-order valence-corrected chi connectivity index (χ4v) is 3.97. The minimum Gasteiger partial charge on any atom is -0.308 e. The number of nitrogens with one attached hydrogen (secondary N) is 2. The fraction of sp³-hybridized carbons (Fsp3) is 0.111. The standard InChI is InChI=1S/C18H13ClN4O3S/c19-10-2-1-3-11(8-10)20-17(26)21-12-4-5-13-14(9-12)27-18(22-13)23-15(24)6-7-16(23)25/h1-5,8-9H,6-7H2,(H2,20,21,26). The number of nitrogens with zero attached hydrogens (tertiary/aromatic N) is 2. The van der Waals surface area contributed by atoms with E-state index in [1.807, 2.05) is 0 Å². The van der Waals surface area contributed by atoms with E-state index >= 15 is 0 Å². The molecule has 1 aliphatic heterocycles. The second kappa shape index (κ2) is 6.98. The number of hydrogen-bond donors (Lipinski definition) is 2. The number of thiazole rings is 1. The number of benzene rings is 2.